The van der Waals surface area contributed by atoms with E-state index in [-0.39, 0.29) is 6.04 Å². The number of para-hydroxylation sites is 1. The zero-order valence-corrected chi connectivity index (χ0v) is 13.1. The molecule has 0 bridgehead atoms. The predicted octanol–water partition coefficient (Wildman–Crippen LogP) is 1.48. The summed E-state index contributed by atoms with van der Waals surface area (Å²) in [5.41, 5.74) is 2.70. The molecule has 6 heteroatoms. The summed E-state index contributed by atoms with van der Waals surface area (Å²) in [5, 5.41) is 0.559. The summed E-state index contributed by atoms with van der Waals surface area (Å²) in [7, 11) is 0.582. The summed E-state index contributed by atoms with van der Waals surface area (Å²) < 4.78 is 17.0. The first-order valence-corrected chi connectivity index (χ1v) is 8.29. The third-order valence-corrected chi connectivity index (χ3v) is 5.06. The van der Waals surface area contributed by atoms with Crippen LogP contribution in [0.4, 0.5) is 5.69 Å². The van der Waals surface area contributed by atoms with E-state index in [0.717, 1.165) is 13.0 Å². The summed E-state index contributed by atoms with van der Waals surface area (Å²) in [6.45, 7) is 3.84. The van der Waals surface area contributed by atoms with Crippen LogP contribution < -0.4 is 9.62 Å². The van der Waals surface area contributed by atoms with Crippen LogP contribution in [0.3, 0.4) is 0 Å². The van der Waals surface area contributed by atoms with Crippen molar-refractivity contribution in [1.29, 1.82) is 0 Å². The highest BCUT2D eigenvalue weighted by atomic mass is 32.2. The molecule has 3 rings (SSSR count). The predicted molar refractivity (Wildman–Crippen MR) is 84.6 cm³/mol. The summed E-state index contributed by atoms with van der Waals surface area (Å²) in [6.07, 6.45) is 4.55. The van der Waals surface area contributed by atoms with Crippen LogP contribution in [-0.2, 0) is 24.5 Å². The number of imidazole rings is 1. The van der Waals surface area contributed by atoms with Gasteiger partial charge in [-0.2, -0.15) is 0 Å². The minimum Gasteiger partial charge on any atom is -0.367 e. The zero-order valence-electron chi connectivity index (χ0n) is 12.3. The SMILES string of the molecule is CC(CNS(=O)c1nccn1C)N1CCc2ccccc21. The zero-order chi connectivity index (χ0) is 14.8. The molecular formula is C15H20N4OS. The highest BCUT2D eigenvalue weighted by molar-refractivity contribution is 7.82. The second kappa shape index (κ2) is 5.99. The Morgan fingerprint density at radius 3 is 3.00 bits per heavy atom. The van der Waals surface area contributed by atoms with Gasteiger partial charge in [-0.05, 0) is 25.0 Å². The molecule has 2 unspecified atom stereocenters. The molecule has 0 fully saturated rings. The van der Waals surface area contributed by atoms with E-state index in [1.165, 1.54) is 11.3 Å². The monoisotopic (exact) mass is 304 g/mol. The van der Waals surface area contributed by atoms with Gasteiger partial charge in [0.1, 0.15) is 0 Å². The maximum absolute atomic E-state index is 12.2. The number of hydrogen-bond donors (Lipinski definition) is 1. The molecule has 112 valence electrons. The van der Waals surface area contributed by atoms with Crippen LogP contribution in [0.2, 0.25) is 0 Å². The number of fused-ring (bicyclic) bond motifs is 1. The number of rotatable bonds is 5. The summed E-state index contributed by atoms with van der Waals surface area (Å²) in [4.78, 5) is 6.49. The molecule has 0 aliphatic carbocycles. The second-order valence-electron chi connectivity index (χ2n) is 5.36. The molecule has 1 aliphatic rings. The van der Waals surface area contributed by atoms with Crippen molar-refractivity contribution >= 4 is 16.7 Å². The molecule has 2 aromatic rings. The van der Waals surface area contributed by atoms with Crippen molar-refractivity contribution < 1.29 is 4.21 Å². The number of nitrogens with zero attached hydrogens (tertiary/aromatic N) is 3. The molecular weight excluding hydrogens is 284 g/mol. The first kappa shape index (κ1) is 14.3. The van der Waals surface area contributed by atoms with Crippen LogP contribution >= 0.6 is 0 Å². The number of hydrogen-bond acceptors (Lipinski definition) is 3. The van der Waals surface area contributed by atoms with E-state index in [1.807, 2.05) is 7.05 Å². The molecule has 2 atom stereocenters. The number of aromatic nitrogens is 2. The van der Waals surface area contributed by atoms with E-state index in [0.29, 0.717) is 11.7 Å². The summed E-state index contributed by atoms with van der Waals surface area (Å²) in [6, 6.07) is 8.79. The van der Waals surface area contributed by atoms with Crippen LogP contribution in [0.5, 0.6) is 0 Å². The van der Waals surface area contributed by atoms with Gasteiger partial charge in [0, 0.05) is 44.3 Å². The maximum Gasteiger partial charge on any atom is 0.214 e. The Hall–Kier alpha value is -1.66. The molecule has 0 spiro atoms. The minimum atomic E-state index is -1.27. The first-order valence-electron chi connectivity index (χ1n) is 7.14. The molecule has 0 radical (unpaired) electrons. The molecule has 0 saturated heterocycles. The summed E-state index contributed by atoms with van der Waals surface area (Å²) >= 11 is 0. The number of benzene rings is 1. The van der Waals surface area contributed by atoms with E-state index in [1.54, 1.807) is 17.0 Å². The highest BCUT2D eigenvalue weighted by Gasteiger charge is 2.23. The Kier molecular flexibility index (Phi) is 4.07. The van der Waals surface area contributed by atoms with E-state index in [9.17, 15) is 4.21 Å². The summed E-state index contributed by atoms with van der Waals surface area (Å²) in [5.74, 6) is 0. The van der Waals surface area contributed by atoms with Gasteiger partial charge >= 0.3 is 0 Å². The lowest BCUT2D eigenvalue weighted by Gasteiger charge is -2.27. The molecule has 1 aromatic carbocycles. The minimum absolute atomic E-state index is 0.290. The van der Waals surface area contributed by atoms with Crippen molar-refractivity contribution in [3.05, 3.63) is 42.2 Å². The number of aryl methyl sites for hydroxylation is 1. The van der Waals surface area contributed by atoms with E-state index in [4.69, 9.17) is 0 Å². The third kappa shape index (κ3) is 2.87. The van der Waals surface area contributed by atoms with Crippen LogP contribution in [0.25, 0.3) is 0 Å². The van der Waals surface area contributed by atoms with Gasteiger partial charge in [0.15, 0.2) is 11.0 Å². The fourth-order valence-corrected chi connectivity index (χ4v) is 3.72. The Labute approximate surface area is 127 Å². The molecule has 21 heavy (non-hydrogen) atoms. The van der Waals surface area contributed by atoms with Gasteiger partial charge in [-0.25, -0.2) is 13.9 Å². The fourth-order valence-electron chi connectivity index (χ4n) is 2.72. The number of nitrogens with one attached hydrogen (secondary N) is 1. The van der Waals surface area contributed by atoms with E-state index in [2.05, 4.69) is 45.8 Å². The van der Waals surface area contributed by atoms with Gasteiger partial charge in [0.05, 0.1) is 0 Å². The van der Waals surface area contributed by atoms with Gasteiger partial charge in [-0.15, -0.1) is 0 Å². The van der Waals surface area contributed by atoms with Gasteiger partial charge in [0.25, 0.3) is 0 Å². The number of anilines is 1. The van der Waals surface area contributed by atoms with E-state index >= 15 is 0 Å². The van der Waals surface area contributed by atoms with Crippen molar-refractivity contribution in [1.82, 2.24) is 14.3 Å². The maximum atomic E-state index is 12.2. The topological polar surface area (TPSA) is 50.2 Å². The molecule has 5 nitrogen and oxygen atoms in total. The van der Waals surface area contributed by atoms with Gasteiger partial charge in [-0.3, -0.25) is 0 Å². The van der Waals surface area contributed by atoms with Crippen molar-refractivity contribution in [2.75, 3.05) is 18.0 Å². The lowest BCUT2D eigenvalue weighted by Crippen LogP contribution is -2.40. The van der Waals surface area contributed by atoms with Crippen molar-refractivity contribution in [2.45, 2.75) is 24.5 Å². The Morgan fingerprint density at radius 1 is 1.43 bits per heavy atom. The Morgan fingerprint density at radius 2 is 2.24 bits per heavy atom. The Balaban J connectivity index is 1.62. The molecule has 0 amide bonds. The fraction of sp³-hybridized carbons (Fsp3) is 0.400. The van der Waals surface area contributed by atoms with Crippen molar-refractivity contribution in [2.24, 2.45) is 7.05 Å². The standard InChI is InChI=1S/C15H20N4OS/c1-12(11-17-21(20)15-16-8-10-18(15)2)19-9-7-13-5-3-4-6-14(13)19/h3-6,8,10,12,17H,7,9,11H2,1-2H3. The van der Waals surface area contributed by atoms with Gasteiger partial charge in [-0.1, -0.05) is 18.2 Å². The Bertz CT molecular complexity index is 655. The lowest BCUT2D eigenvalue weighted by atomic mass is 10.2. The van der Waals surface area contributed by atoms with Crippen LogP contribution in [-0.4, -0.2) is 32.9 Å². The highest BCUT2D eigenvalue weighted by Crippen LogP contribution is 2.28. The first-order chi connectivity index (χ1) is 10.2. The molecule has 1 aromatic heterocycles. The molecule has 1 aliphatic heterocycles. The second-order valence-corrected chi connectivity index (χ2v) is 6.55. The lowest BCUT2D eigenvalue weighted by molar-refractivity contribution is 0.616. The molecule has 0 saturated carbocycles. The van der Waals surface area contributed by atoms with E-state index < -0.39 is 11.0 Å². The smallest absolute Gasteiger partial charge is 0.214 e. The van der Waals surface area contributed by atoms with Crippen molar-refractivity contribution in [3.63, 3.8) is 0 Å². The van der Waals surface area contributed by atoms with Gasteiger partial charge in [0.2, 0.25) is 5.16 Å². The van der Waals surface area contributed by atoms with Crippen molar-refractivity contribution in [3.8, 4) is 0 Å². The van der Waals surface area contributed by atoms with Crippen LogP contribution in [0.1, 0.15) is 12.5 Å². The third-order valence-electron chi connectivity index (χ3n) is 3.91. The molecule has 2 heterocycles. The van der Waals surface area contributed by atoms with Crippen LogP contribution in [0.15, 0.2) is 41.8 Å². The van der Waals surface area contributed by atoms with Crippen LogP contribution in [0, 0.1) is 0 Å². The average Bonchev–Trinajstić information content (AvgIpc) is 3.10. The normalized spacial score (nSPS) is 16.8. The van der Waals surface area contributed by atoms with Gasteiger partial charge < -0.3 is 9.47 Å². The quantitative estimate of drug-likeness (QED) is 0.910. The molecule has 1 N–H and O–H groups in total. The average molecular weight is 304 g/mol. The largest absolute Gasteiger partial charge is 0.367 e.